The zero-order chi connectivity index (χ0) is 15.2. The van der Waals surface area contributed by atoms with E-state index in [9.17, 15) is 9.59 Å². The SMILES string of the molecule is CC(=O)Nc1ccc(CN2CCC(CC(=O)O)CC2)cc1. The second-order valence-electron chi connectivity index (χ2n) is 5.70. The molecule has 5 heteroatoms. The van der Waals surface area contributed by atoms with Gasteiger partial charge in [-0.05, 0) is 49.5 Å². The molecule has 0 unspecified atom stereocenters. The first-order chi connectivity index (χ1) is 10.0. The van der Waals surface area contributed by atoms with Gasteiger partial charge in [-0.2, -0.15) is 0 Å². The minimum atomic E-state index is -0.693. The average Bonchev–Trinajstić information content (AvgIpc) is 2.42. The fraction of sp³-hybridized carbons (Fsp3) is 0.500. The molecule has 114 valence electrons. The van der Waals surface area contributed by atoms with Crippen LogP contribution in [0.15, 0.2) is 24.3 Å². The Morgan fingerprint density at radius 3 is 2.38 bits per heavy atom. The van der Waals surface area contributed by atoms with Crippen molar-refractivity contribution in [2.45, 2.75) is 32.7 Å². The van der Waals surface area contributed by atoms with E-state index in [1.165, 1.54) is 12.5 Å². The van der Waals surface area contributed by atoms with E-state index in [4.69, 9.17) is 5.11 Å². The molecule has 0 bridgehead atoms. The molecule has 1 amide bonds. The van der Waals surface area contributed by atoms with Crippen LogP contribution in [0.3, 0.4) is 0 Å². The maximum Gasteiger partial charge on any atom is 0.303 e. The number of likely N-dealkylation sites (tertiary alicyclic amines) is 1. The fourth-order valence-electron chi connectivity index (χ4n) is 2.75. The lowest BCUT2D eigenvalue weighted by Crippen LogP contribution is -2.33. The van der Waals surface area contributed by atoms with E-state index in [-0.39, 0.29) is 5.91 Å². The number of carboxylic acid groups (broad SMARTS) is 1. The van der Waals surface area contributed by atoms with Crippen molar-refractivity contribution in [2.24, 2.45) is 5.92 Å². The molecule has 1 fully saturated rings. The Kier molecular flexibility index (Phi) is 5.33. The number of rotatable bonds is 5. The molecule has 1 aromatic carbocycles. The third kappa shape index (κ3) is 5.19. The lowest BCUT2D eigenvalue weighted by molar-refractivity contribution is -0.138. The highest BCUT2D eigenvalue weighted by atomic mass is 16.4. The van der Waals surface area contributed by atoms with Gasteiger partial charge in [-0.3, -0.25) is 14.5 Å². The van der Waals surface area contributed by atoms with Gasteiger partial charge in [0.2, 0.25) is 5.91 Å². The first-order valence-corrected chi connectivity index (χ1v) is 7.33. The van der Waals surface area contributed by atoms with Crippen LogP contribution >= 0.6 is 0 Å². The van der Waals surface area contributed by atoms with Gasteiger partial charge in [-0.25, -0.2) is 0 Å². The molecule has 2 N–H and O–H groups in total. The summed E-state index contributed by atoms with van der Waals surface area (Å²) in [6.45, 7) is 4.27. The number of hydrogen-bond donors (Lipinski definition) is 2. The number of carbonyl (C=O) groups excluding carboxylic acids is 1. The number of anilines is 1. The molecule has 1 aromatic rings. The number of piperidine rings is 1. The second-order valence-corrected chi connectivity index (χ2v) is 5.70. The van der Waals surface area contributed by atoms with Gasteiger partial charge in [0.1, 0.15) is 0 Å². The van der Waals surface area contributed by atoms with Gasteiger partial charge in [-0.15, -0.1) is 0 Å². The highest BCUT2D eigenvalue weighted by Crippen LogP contribution is 2.22. The number of hydrogen-bond acceptors (Lipinski definition) is 3. The van der Waals surface area contributed by atoms with E-state index in [1.807, 2.05) is 24.3 Å². The van der Waals surface area contributed by atoms with Gasteiger partial charge in [0.05, 0.1) is 0 Å². The van der Waals surface area contributed by atoms with Crippen LogP contribution in [0.4, 0.5) is 5.69 Å². The van der Waals surface area contributed by atoms with E-state index < -0.39 is 5.97 Å². The Balaban J connectivity index is 1.80. The maximum absolute atomic E-state index is 11.0. The van der Waals surface area contributed by atoms with Crippen LogP contribution in [0.25, 0.3) is 0 Å². The minimum absolute atomic E-state index is 0.0664. The summed E-state index contributed by atoms with van der Waals surface area (Å²) >= 11 is 0. The summed E-state index contributed by atoms with van der Waals surface area (Å²) in [6.07, 6.45) is 2.20. The highest BCUT2D eigenvalue weighted by Gasteiger charge is 2.21. The van der Waals surface area contributed by atoms with Crippen molar-refractivity contribution in [1.29, 1.82) is 0 Å². The van der Waals surface area contributed by atoms with Crippen molar-refractivity contribution in [2.75, 3.05) is 18.4 Å². The predicted molar refractivity (Wildman–Crippen MR) is 81.0 cm³/mol. The summed E-state index contributed by atoms with van der Waals surface area (Å²) in [4.78, 5) is 24.0. The van der Waals surface area contributed by atoms with Gasteiger partial charge in [-0.1, -0.05) is 12.1 Å². The standard InChI is InChI=1S/C16H22N2O3/c1-12(19)17-15-4-2-14(3-5-15)11-18-8-6-13(7-9-18)10-16(20)21/h2-5,13H,6-11H2,1H3,(H,17,19)(H,20,21). The van der Waals surface area contributed by atoms with Crippen LogP contribution in [0, 0.1) is 5.92 Å². The molecule has 0 aromatic heterocycles. The quantitative estimate of drug-likeness (QED) is 0.873. The van der Waals surface area contributed by atoms with Crippen LogP contribution in [-0.2, 0) is 16.1 Å². The molecule has 1 aliphatic rings. The zero-order valence-electron chi connectivity index (χ0n) is 12.3. The van der Waals surface area contributed by atoms with Crippen molar-refractivity contribution in [3.05, 3.63) is 29.8 Å². The molecule has 0 atom stereocenters. The first-order valence-electron chi connectivity index (χ1n) is 7.33. The molecular weight excluding hydrogens is 268 g/mol. The fourth-order valence-corrected chi connectivity index (χ4v) is 2.75. The number of carbonyl (C=O) groups is 2. The van der Waals surface area contributed by atoms with Gasteiger partial charge < -0.3 is 10.4 Å². The zero-order valence-corrected chi connectivity index (χ0v) is 12.3. The van der Waals surface area contributed by atoms with Crippen molar-refractivity contribution < 1.29 is 14.7 Å². The van der Waals surface area contributed by atoms with Gasteiger partial charge in [0.25, 0.3) is 0 Å². The van der Waals surface area contributed by atoms with Crippen LogP contribution in [0.1, 0.15) is 31.7 Å². The van der Waals surface area contributed by atoms with Crippen LogP contribution in [-0.4, -0.2) is 35.0 Å². The van der Waals surface area contributed by atoms with E-state index in [0.29, 0.717) is 12.3 Å². The predicted octanol–water partition coefficient (Wildman–Crippen LogP) is 2.33. The van der Waals surface area contributed by atoms with Crippen molar-refractivity contribution in [3.8, 4) is 0 Å². The Labute approximate surface area is 125 Å². The smallest absolute Gasteiger partial charge is 0.303 e. The van der Waals surface area contributed by atoms with Crippen molar-refractivity contribution in [3.63, 3.8) is 0 Å². The summed E-state index contributed by atoms with van der Waals surface area (Å²) in [7, 11) is 0. The Hall–Kier alpha value is -1.88. The summed E-state index contributed by atoms with van der Waals surface area (Å²) in [6, 6.07) is 7.87. The molecule has 1 aliphatic heterocycles. The van der Waals surface area contributed by atoms with E-state index in [0.717, 1.165) is 38.2 Å². The molecule has 1 saturated heterocycles. The number of nitrogens with zero attached hydrogens (tertiary/aromatic N) is 1. The maximum atomic E-state index is 11.0. The Morgan fingerprint density at radius 1 is 1.24 bits per heavy atom. The van der Waals surface area contributed by atoms with Crippen molar-refractivity contribution >= 4 is 17.6 Å². The molecule has 0 spiro atoms. The molecule has 1 heterocycles. The lowest BCUT2D eigenvalue weighted by Gasteiger charge is -2.31. The number of carboxylic acids is 1. The number of benzene rings is 1. The van der Waals surface area contributed by atoms with Crippen molar-refractivity contribution in [1.82, 2.24) is 4.90 Å². The van der Waals surface area contributed by atoms with E-state index in [2.05, 4.69) is 10.2 Å². The first kappa shape index (κ1) is 15.5. The summed E-state index contributed by atoms with van der Waals surface area (Å²) in [5.74, 6) is -0.439. The monoisotopic (exact) mass is 290 g/mol. The van der Waals surface area contributed by atoms with E-state index >= 15 is 0 Å². The third-order valence-electron chi connectivity index (χ3n) is 3.85. The van der Waals surface area contributed by atoms with Gasteiger partial charge >= 0.3 is 5.97 Å². The van der Waals surface area contributed by atoms with Crippen LogP contribution < -0.4 is 5.32 Å². The van der Waals surface area contributed by atoms with Crippen LogP contribution in [0.5, 0.6) is 0 Å². The molecule has 21 heavy (non-hydrogen) atoms. The molecule has 0 radical (unpaired) electrons. The highest BCUT2D eigenvalue weighted by molar-refractivity contribution is 5.88. The molecule has 0 saturated carbocycles. The summed E-state index contributed by atoms with van der Waals surface area (Å²) in [5, 5.41) is 11.6. The van der Waals surface area contributed by atoms with E-state index in [1.54, 1.807) is 0 Å². The minimum Gasteiger partial charge on any atom is -0.481 e. The molecule has 5 nitrogen and oxygen atoms in total. The Morgan fingerprint density at radius 2 is 1.86 bits per heavy atom. The number of aliphatic carboxylic acids is 1. The number of amides is 1. The molecular formula is C16H22N2O3. The second kappa shape index (κ2) is 7.22. The van der Waals surface area contributed by atoms with Gasteiger partial charge in [0, 0.05) is 25.6 Å². The lowest BCUT2D eigenvalue weighted by atomic mass is 9.93. The Bertz CT molecular complexity index is 491. The van der Waals surface area contributed by atoms with Gasteiger partial charge in [0.15, 0.2) is 0 Å². The number of nitrogens with one attached hydrogen (secondary N) is 1. The third-order valence-corrected chi connectivity index (χ3v) is 3.85. The van der Waals surface area contributed by atoms with Crippen LogP contribution in [0.2, 0.25) is 0 Å². The molecule has 0 aliphatic carbocycles. The summed E-state index contributed by atoms with van der Waals surface area (Å²) < 4.78 is 0. The average molecular weight is 290 g/mol. The molecule has 2 rings (SSSR count). The summed E-state index contributed by atoms with van der Waals surface area (Å²) in [5.41, 5.74) is 2.02. The normalized spacial score (nSPS) is 16.6. The topological polar surface area (TPSA) is 69.6 Å². The largest absolute Gasteiger partial charge is 0.481 e.